The van der Waals surface area contributed by atoms with Gasteiger partial charge in [-0.2, -0.15) is 0 Å². The molecule has 0 atom stereocenters. The van der Waals surface area contributed by atoms with Crippen LogP contribution in [0.4, 0.5) is 17.1 Å². The van der Waals surface area contributed by atoms with Gasteiger partial charge in [-0.25, -0.2) is 0 Å². The van der Waals surface area contributed by atoms with Crippen LogP contribution < -0.4 is 4.90 Å². The first kappa shape index (κ1) is 33.1. The van der Waals surface area contributed by atoms with Crippen molar-refractivity contribution < 1.29 is 4.42 Å². The smallest absolute Gasteiger partial charge is 0.0602 e. The van der Waals surface area contributed by atoms with Gasteiger partial charge in [-0.05, 0) is 47.5 Å². The molecule has 3 nitrogen and oxygen atoms in total. The Balaban J connectivity index is 0.953. The van der Waals surface area contributed by atoms with Crippen LogP contribution >= 0.6 is 0 Å². The van der Waals surface area contributed by atoms with Crippen LogP contribution in [0, 0.1) is 0 Å². The molecule has 0 N–H and O–H groups in total. The first-order chi connectivity index (χ1) is 28.7. The van der Waals surface area contributed by atoms with Gasteiger partial charge < -0.3 is 8.98 Å². The van der Waals surface area contributed by atoms with Gasteiger partial charge in [0.1, 0.15) is 11.2 Å². The van der Waals surface area contributed by atoms with E-state index in [0.717, 1.165) is 39.0 Å². The Labute approximate surface area is 341 Å². The van der Waals surface area contributed by atoms with Crippen LogP contribution in [0.25, 0.3) is 91.0 Å². The minimum Gasteiger partial charge on any atom is -0.0602 e. The van der Waals surface area contributed by atoms with Crippen molar-refractivity contribution in [3.05, 3.63) is 206 Å². The number of nitrogens with zero attached hydrogens (tertiary/aromatic N) is 2. The molecule has 272 valence electrons. The quantitative estimate of drug-likeness (QED) is 0.156. The van der Waals surface area contributed by atoms with E-state index in [1.54, 1.807) is 0 Å². The molecule has 0 bridgehead atoms. The number of rotatable bonds is 6. The topological polar surface area (TPSA) is 21.3 Å². The molecule has 58 heavy (non-hydrogen) atoms. The van der Waals surface area contributed by atoms with Crippen molar-refractivity contribution in [3.63, 3.8) is 0 Å². The van der Waals surface area contributed by atoms with E-state index in [1.807, 2.05) is 12.1 Å². The summed E-state index contributed by atoms with van der Waals surface area (Å²) in [6.07, 6.45) is 0. The molecule has 12 aromatic rings. The molecule has 0 aliphatic carbocycles. The molecule has 0 aliphatic rings. The molecule has 0 saturated carbocycles. The van der Waals surface area contributed by atoms with Crippen LogP contribution in [0.5, 0.6) is 0 Å². The van der Waals surface area contributed by atoms with Crippen LogP contribution in [0.15, 0.2) is 211 Å². The summed E-state index contributed by atoms with van der Waals surface area (Å²) >= 11 is 0.362. The Bertz CT molecular complexity index is 3500. The van der Waals surface area contributed by atoms with Crippen LogP contribution in [-0.4, -0.2) is 19.1 Å². The fraction of sp³-hybridized carbons (Fsp3) is 0. The molecule has 0 amide bonds. The number of hydrogen-bond acceptors (Lipinski definition) is 2. The third kappa shape index (κ3) is 5.34. The normalized spacial score (nSPS) is 11.8. The molecule has 3 heterocycles. The van der Waals surface area contributed by atoms with Gasteiger partial charge in [-0.15, -0.1) is 0 Å². The maximum atomic E-state index is 6.25. The predicted molar refractivity (Wildman–Crippen MR) is 246 cm³/mol. The summed E-state index contributed by atoms with van der Waals surface area (Å²) in [7, 11) is 0. The van der Waals surface area contributed by atoms with Crippen LogP contribution in [0.3, 0.4) is 0 Å². The van der Waals surface area contributed by atoms with Gasteiger partial charge in [0.15, 0.2) is 0 Å². The molecule has 0 radical (unpaired) electrons. The molecule has 12 rings (SSSR count). The monoisotopic (exact) mass is 806 g/mol. The van der Waals surface area contributed by atoms with Crippen molar-refractivity contribution in [1.82, 2.24) is 4.57 Å². The molecular formula is C54H34N2OSe. The average Bonchev–Trinajstić information content (AvgIpc) is 3.96. The zero-order valence-electron chi connectivity index (χ0n) is 31.3. The third-order valence-electron chi connectivity index (χ3n) is 11.6. The molecule has 0 spiro atoms. The van der Waals surface area contributed by atoms with Crippen LogP contribution in [0.1, 0.15) is 0 Å². The third-order valence-corrected chi connectivity index (χ3v) is 14.0. The number of aromatic nitrogens is 1. The van der Waals surface area contributed by atoms with Crippen molar-refractivity contribution in [2.45, 2.75) is 0 Å². The number of hydrogen-bond donors (Lipinski definition) is 0. The van der Waals surface area contributed by atoms with E-state index in [9.17, 15) is 0 Å². The Morgan fingerprint density at radius 3 is 1.67 bits per heavy atom. The van der Waals surface area contributed by atoms with E-state index in [1.165, 1.54) is 69.0 Å². The number of furan rings is 1. The zero-order valence-corrected chi connectivity index (χ0v) is 33.1. The summed E-state index contributed by atoms with van der Waals surface area (Å²) in [5, 5.41) is 7.48. The second-order valence-electron chi connectivity index (χ2n) is 14.9. The zero-order chi connectivity index (χ0) is 38.2. The van der Waals surface area contributed by atoms with Crippen molar-refractivity contribution in [3.8, 4) is 27.9 Å². The predicted octanol–water partition coefficient (Wildman–Crippen LogP) is 14.9. The fourth-order valence-corrected chi connectivity index (χ4v) is 11.1. The Hall–Kier alpha value is -7.10. The molecule has 0 fully saturated rings. The number of benzene rings is 9. The second kappa shape index (κ2) is 13.2. The summed E-state index contributed by atoms with van der Waals surface area (Å²) in [6.45, 7) is 0. The van der Waals surface area contributed by atoms with E-state index < -0.39 is 0 Å². The van der Waals surface area contributed by atoms with Crippen molar-refractivity contribution in [2.75, 3.05) is 4.90 Å². The van der Waals surface area contributed by atoms with Gasteiger partial charge in [0, 0.05) is 21.8 Å². The molecular weight excluding hydrogens is 772 g/mol. The van der Waals surface area contributed by atoms with Crippen molar-refractivity contribution in [2.24, 2.45) is 0 Å². The Morgan fingerprint density at radius 2 is 0.897 bits per heavy atom. The molecule has 4 heteroatoms. The first-order valence-corrected chi connectivity index (χ1v) is 21.4. The van der Waals surface area contributed by atoms with Gasteiger partial charge in [0.25, 0.3) is 0 Å². The summed E-state index contributed by atoms with van der Waals surface area (Å²) < 4.78 is 11.5. The van der Waals surface area contributed by atoms with Gasteiger partial charge in [-0.1, -0.05) is 60.7 Å². The molecule has 0 aliphatic heterocycles. The molecule has 9 aromatic carbocycles. The SMILES string of the molecule is c1ccc(-n2c3ccccc3c3cc(-c4ccc(N(c5ccc(-c6ccc7[se]c8ccccc8c7c6)cc5)c5ccc6oc7ccccc7c6c5)cc4)ccc32)cc1. The van der Waals surface area contributed by atoms with Crippen molar-refractivity contribution in [1.29, 1.82) is 0 Å². The summed E-state index contributed by atoms with van der Waals surface area (Å²) in [6, 6.07) is 74.9. The summed E-state index contributed by atoms with van der Waals surface area (Å²) in [5.41, 5.74) is 13.4. The average molecular weight is 806 g/mol. The number of para-hydroxylation sites is 3. The van der Waals surface area contributed by atoms with Gasteiger partial charge in [0.2, 0.25) is 0 Å². The van der Waals surface area contributed by atoms with Crippen LogP contribution in [0.2, 0.25) is 0 Å². The fourth-order valence-electron chi connectivity index (χ4n) is 8.82. The van der Waals surface area contributed by atoms with Gasteiger partial charge in [-0.3, -0.25) is 0 Å². The van der Waals surface area contributed by atoms with Crippen LogP contribution in [-0.2, 0) is 0 Å². The summed E-state index contributed by atoms with van der Waals surface area (Å²) in [5.74, 6) is 0. The first-order valence-electron chi connectivity index (χ1n) is 19.7. The number of anilines is 3. The van der Waals surface area contributed by atoms with Crippen molar-refractivity contribution >= 4 is 94.6 Å². The number of fused-ring (bicyclic) bond motifs is 9. The molecule has 0 saturated heterocycles. The second-order valence-corrected chi connectivity index (χ2v) is 17.2. The minimum absolute atomic E-state index is 0.362. The molecule has 0 unspecified atom stereocenters. The van der Waals surface area contributed by atoms with E-state index in [0.29, 0.717) is 14.5 Å². The Morgan fingerprint density at radius 1 is 0.345 bits per heavy atom. The van der Waals surface area contributed by atoms with E-state index in [4.69, 9.17) is 4.42 Å². The van der Waals surface area contributed by atoms with E-state index in [-0.39, 0.29) is 0 Å². The van der Waals surface area contributed by atoms with Gasteiger partial charge in [0.05, 0.1) is 11.0 Å². The summed E-state index contributed by atoms with van der Waals surface area (Å²) in [4.78, 5) is 2.35. The standard InChI is InChI=1S/C54H34N2OSe/c1-2-10-39(11-3-1)56-49-15-7-4-12-43(49)46-32-37(22-29-50(46)56)35-18-24-40(25-19-35)55(42-28-30-52-47(34-42)44-13-5-8-16-51(44)57-52)41-26-20-36(21-27-41)38-23-31-54-48(33-38)45-14-6-9-17-53(45)58-54/h1-34H. The molecule has 3 aromatic heterocycles. The minimum atomic E-state index is 0.362. The van der Waals surface area contributed by atoms with E-state index in [2.05, 4.69) is 204 Å². The van der Waals surface area contributed by atoms with E-state index >= 15 is 0 Å². The Kier molecular flexibility index (Phi) is 7.56. The van der Waals surface area contributed by atoms with Gasteiger partial charge >= 0.3 is 181 Å². The maximum absolute atomic E-state index is 6.25.